The van der Waals surface area contributed by atoms with E-state index in [2.05, 4.69) is 161 Å². The van der Waals surface area contributed by atoms with Gasteiger partial charge in [-0.1, -0.05) is 121 Å². The minimum absolute atomic E-state index is 0.535. The highest BCUT2D eigenvalue weighted by molar-refractivity contribution is 6.11. The number of furan rings is 2. The topological polar surface area (TPSA) is 74.8 Å². The normalized spacial score (nSPS) is 12.1. The lowest BCUT2D eigenvalue weighted by molar-refractivity contribution is 0.668. The third-order valence-corrected chi connectivity index (χ3v) is 12.7. The molecule has 5 heterocycles. The molecule has 7 nitrogen and oxygen atoms in total. The SMILES string of the molecule is c1ccc2c(c1)oc1cc(-c3nc(-c4cc(-n5c6ccccc6c6ccccc65)cc(-n5c6ccccc6c6ccccc65)c4)nc(-c4ccc5c(c4)oc4ccccc45)n3)ccc12. The van der Waals surface area contributed by atoms with Crippen molar-refractivity contribution in [2.75, 3.05) is 0 Å². The van der Waals surface area contributed by atoms with Crippen LogP contribution in [0.5, 0.6) is 0 Å². The molecule has 9 aromatic carbocycles. The molecule has 0 saturated carbocycles. The van der Waals surface area contributed by atoms with Crippen molar-refractivity contribution in [1.29, 1.82) is 0 Å². The molecule has 0 aliphatic carbocycles. The van der Waals surface area contributed by atoms with Crippen molar-refractivity contribution in [1.82, 2.24) is 24.1 Å². The average molecular weight is 820 g/mol. The van der Waals surface area contributed by atoms with Gasteiger partial charge in [0.25, 0.3) is 0 Å². The second kappa shape index (κ2) is 13.3. The molecule has 0 saturated heterocycles. The van der Waals surface area contributed by atoms with Gasteiger partial charge in [-0.2, -0.15) is 0 Å². The Morgan fingerprint density at radius 3 is 1.00 bits per heavy atom. The summed E-state index contributed by atoms with van der Waals surface area (Å²) in [6.45, 7) is 0. The fraction of sp³-hybridized carbons (Fsp3) is 0. The molecule has 0 radical (unpaired) electrons. The van der Waals surface area contributed by atoms with Crippen molar-refractivity contribution < 1.29 is 8.83 Å². The first-order chi connectivity index (χ1) is 31.7. The van der Waals surface area contributed by atoms with Crippen LogP contribution in [0.4, 0.5) is 0 Å². The lowest BCUT2D eigenvalue weighted by atomic mass is 10.1. The first-order valence-electron chi connectivity index (χ1n) is 21.4. The molecule has 0 spiro atoms. The van der Waals surface area contributed by atoms with Gasteiger partial charge in [0.15, 0.2) is 17.5 Å². The summed E-state index contributed by atoms with van der Waals surface area (Å²) in [6.07, 6.45) is 0. The summed E-state index contributed by atoms with van der Waals surface area (Å²) in [6, 6.07) is 69.9. The Bertz CT molecular complexity index is 3850. The monoisotopic (exact) mass is 819 g/mol. The zero-order chi connectivity index (χ0) is 41.9. The first kappa shape index (κ1) is 34.9. The Morgan fingerprint density at radius 1 is 0.266 bits per heavy atom. The molecule has 0 N–H and O–H groups in total. The van der Waals surface area contributed by atoms with Crippen molar-refractivity contribution >= 4 is 87.5 Å². The second-order valence-corrected chi connectivity index (χ2v) is 16.4. The van der Waals surface area contributed by atoms with Crippen LogP contribution in [-0.4, -0.2) is 24.1 Å². The molecule has 64 heavy (non-hydrogen) atoms. The molecule has 0 bridgehead atoms. The van der Waals surface area contributed by atoms with Crippen LogP contribution >= 0.6 is 0 Å². The molecule has 0 aliphatic rings. The maximum atomic E-state index is 6.39. The predicted molar refractivity (Wildman–Crippen MR) is 259 cm³/mol. The van der Waals surface area contributed by atoms with E-state index in [0.717, 1.165) is 94.0 Å². The van der Waals surface area contributed by atoms with Gasteiger partial charge in [0.1, 0.15) is 22.3 Å². The Labute approximate surface area is 364 Å². The molecule has 0 aliphatic heterocycles. The van der Waals surface area contributed by atoms with E-state index in [1.54, 1.807) is 0 Å². The summed E-state index contributed by atoms with van der Waals surface area (Å²) in [5, 5.41) is 8.97. The van der Waals surface area contributed by atoms with Crippen LogP contribution in [0.3, 0.4) is 0 Å². The summed E-state index contributed by atoms with van der Waals surface area (Å²) in [5.74, 6) is 1.61. The van der Waals surface area contributed by atoms with Gasteiger partial charge in [-0.05, 0) is 78.9 Å². The smallest absolute Gasteiger partial charge is 0.164 e. The lowest BCUT2D eigenvalue weighted by Gasteiger charge is -2.16. The van der Waals surface area contributed by atoms with Crippen molar-refractivity contribution in [3.8, 4) is 45.5 Å². The van der Waals surface area contributed by atoms with E-state index in [4.69, 9.17) is 23.8 Å². The molecule has 14 aromatic rings. The van der Waals surface area contributed by atoms with Crippen molar-refractivity contribution in [3.63, 3.8) is 0 Å². The molecular formula is C57H33N5O2. The van der Waals surface area contributed by atoms with E-state index in [1.807, 2.05) is 48.5 Å². The Hall–Kier alpha value is -8.81. The van der Waals surface area contributed by atoms with E-state index in [-0.39, 0.29) is 0 Å². The lowest BCUT2D eigenvalue weighted by Crippen LogP contribution is -2.03. The summed E-state index contributed by atoms with van der Waals surface area (Å²) >= 11 is 0. The first-order valence-corrected chi connectivity index (χ1v) is 21.4. The quantitative estimate of drug-likeness (QED) is 0.173. The minimum atomic E-state index is 0.535. The Morgan fingerprint density at radius 2 is 0.594 bits per heavy atom. The van der Waals surface area contributed by atoms with Crippen molar-refractivity contribution in [3.05, 3.63) is 200 Å². The highest BCUT2D eigenvalue weighted by atomic mass is 16.3. The van der Waals surface area contributed by atoms with E-state index >= 15 is 0 Å². The molecular weight excluding hydrogens is 787 g/mol. The standard InChI is InChI=1S/C57H33N5O2/c1-7-19-47-39(13-1)40-14-2-8-20-48(40)61(47)37-29-36(30-38(33-37)62-49-21-9-3-15-41(49)42-16-4-10-22-50(42)62)57-59-55(34-25-27-45-43-17-5-11-23-51(43)63-53(45)31-34)58-56(60-57)35-26-28-46-44-18-6-12-24-52(44)64-54(46)32-35/h1-33H. The molecule has 5 aromatic heterocycles. The summed E-state index contributed by atoms with van der Waals surface area (Å²) < 4.78 is 17.5. The zero-order valence-electron chi connectivity index (χ0n) is 34.1. The fourth-order valence-electron chi connectivity index (χ4n) is 9.88. The van der Waals surface area contributed by atoms with E-state index in [9.17, 15) is 0 Å². The minimum Gasteiger partial charge on any atom is -0.456 e. The molecule has 298 valence electrons. The van der Waals surface area contributed by atoms with Crippen LogP contribution in [-0.2, 0) is 0 Å². The maximum Gasteiger partial charge on any atom is 0.164 e. The molecule has 0 unspecified atom stereocenters. The van der Waals surface area contributed by atoms with E-state index in [0.29, 0.717) is 17.5 Å². The van der Waals surface area contributed by atoms with Gasteiger partial charge in [0, 0.05) is 71.2 Å². The second-order valence-electron chi connectivity index (χ2n) is 16.4. The number of aromatic nitrogens is 5. The number of benzene rings is 9. The Balaban J connectivity index is 1.06. The number of hydrogen-bond acceptors (Lipinski definition) is 5. The summed E-state index contributed by atoms with van der Waals surface area (Å²) in [4.78, 5) is 15.9. The average Bonchev–Trinajstić information content (AvgIpc) is 4.11. The van der Waals surface area contributed by atoms with Crippen molar-refractivity contribution in [2.45, 2.75) is 0 Å². The van der Waals surface area contributed by atoms with Gasteiger partial charge in [-0.25, -0.2) is 15.0 Å². The van der Waals surface area contributed by atoms with Crippen LogP contribution in [0, 0.1) is 0 Å². The summed E-state index contributed by atoms with van der Waals surface area (Å²) in [7, 11) is 0. The molecule has 0 atom stereocenters. The predicted octanol–water partition coefficient (Wildman–Crippen LogP) is 14.9. The number of rotatable bonds is 5. The fourth-order valence-corrected chi connectivity index (χ4v) is 9.88. The van der Waals surface area contributed by atoms with Gasteiger partial charge in [-0.3, -0.25) is 0 Å². The molecule has 14 rings (SSSR count). The zero-order valence-corrected chi connectivity index (χ0v) is 34.1. The van der Waals surface area contributed by atoms with Gasteiger partial charge in [-0.15, -0.1) is 0 Å². The van der Waals surface area contributed by atoms with Gasteiger partial charge in [0.05, 0.1) is 22.1 Å². The van der Waals surface area contributed by atoms with Crippen LogP contribution in [0.25, 0.3) is 133 Å². The van der Waals surface area contributed by atoms with Crippen molar-refractivity contribution in [2.24, 2.45) is 0 Å². The Kier molecular flexibility index (Phi) is 7.27. The van der Waals surface area contributed by atoms with Crippen LogP contribution in [0.1, 0.15) is 0 Å². The third kappa shape index (κ3) is 5.18. The van der Waals surface area contributed by atoms with Crippen LogP contribution in [0.15, 0.2) is 209 Å². The van der Waals surface area contributed by atoms with Crippen LogP contribution < -0.4 is 0 Å². The van der Waals surface area contributed by atoms with Crippen LogP contribution in [0.2, 0.25) is 0 Å². The number of para-hydroxylation sites is 6. The highest BCUT2D eigenvalue weighted by Gasteiger charge is 2.21. The summed E-state index contributed by atoms with van der Waals surface area (Å²) in [5.41, 5.74) is 12.1. The molecule has 7 heteroatoms. The molecule has 0 amide bonds. The molecule has 0 fully saturated rings. The van der Waals surface area contributed by atoms with Gasteiger partial charge < -0.3 is 18.0 Å². The largest absolute Gasteiger partial charge is 0.456 e. The third-order valence-electron chi connectivity index (χ3n) is 12.7. The number of fused-ring (bicyclic) bond motifs is 12. The van der Waals surface area contributed by atoms with E-state index in [1.165, 1.54) is 21.5 Å². The van der Waals surface area contributed by atoms with Gasteiger partial charge in [0.2, 0.25) is 0 Å². The number of hydrogen-bond donors (Lipinski definition) is 0. The van der Waals surface area contributed by atoms with Gasteiger partial charge >= 0.3 is 0 Å². The highest BCUT2D eigenvalue weighted by Crippen LogP contribution is 2.39. The maximum absolute atomic E-state index is 6.39. The number of nitrogens with zero attached hydrogens (tertiary/aromatic N) is 5. The van der Waals surface area contributed by atoms with E-state index < -0.39 is 0 Å².